The highest BCUT2D eigenvalue weighted by Crippen LogP contribution is 2.48. The Morgan fingerprint density at radius 3 is 2.61 bits per heavy atom. The van der Waals surface area contributed by atoms with Crippen molar-refractivity contribution >= 4 is 29.2 Å². The molecule has 0 amide bonds. The number of nitrogens with one attached hydrogen (secondary N) is 2. The van der Waals surface area contributed by atoms with E-state index in [2.05, 4.69) is 16.0 Å². The fourth-order valence-electron chi connectivity index (χ4n) is 4.33. The van der Waals surface area contributed by atoms with Crippen molar-refractivity contribution in [2.24, 2.45) is 0 Å². The van der Waals surface area contributed by atoms with Crippen LogP contribution in [0.25, 0.3) is 10.8 Å². The van der Waals surface area contributed by atoms with Crippen LogP contribution in [-0.2, 0) is 25.8 Å². The first kappa shape index (κ1) is 31.1. The van der Waals surface area contributed by atoms with Crippen molar-refractivity contribution < 1.29 is 33.8 Å². The molecule has 1 aromatic heterocycles. The molecule has 1 saturated heterocycles. The number of ether oxygens (including phenoxy) is 2. The van der Waals surface area contributed by atoms with Crippen molar-refractivity contribution in [1.29, 1.82) is 0 Å². The summed E-state index contributed by atoms with van der Waals surface area (Å²) in [7, 11) is 0. The highest BCUT2D eigenvalue weighted by atomic mass is 32.5. The van der Waals surface area contributed by atoms with Crippen molar-refractivity contribution in [2.75, 3.05) is 6.61 Å². The van der Waals surface area contributed by atoms with E-state index in [4.69, 9.17) is 36.8 Å². The predicted octanol–water partition coefficient (Wildman–Crippen LogP) is 1.35. The van der Waals surface area contributed by atoms with Gasteiger partial charge in [-0.3, -0.25) is 14.3 Å². The number of nitrogens with zero attached hydrogens (tertiary/aromatic N) is 1. The average Bonchev–Trinajstić information content (AvgIpc) is 3.17. The quantitative estimate of drug-likeness (QED) is 0.122. The third kappa shape index (κ3) is 6.79. The number of aliphatic hydroxyl groups excluding tert-OH is 2. The van der Waals surface area contributed by atoms with Crippen molar-refractivity contribution in [3.05, 3.63) is 75.6 Å². The van der Waals surface area contributed by atoms with E-state index < -0.39 is 60.9 Å². The lowest BCUT2D eigenvalue weighted by Gasteiger charge is -2.31. The van der Waals surface area contributed by atoms with Gasteiger partial charge >= 0.3 is 12.3 Å². The van der Waals surface area contributed by atoms with Crippen molar-refractivity contribution in [2.45, 2.75) is 63.2 Å². The number of benzene rings is 2. The smallest absolute Gasteiger partial charge is 0.330 e. The van der Waals surface area contributed by atoms with E-state index in [1.165, 1.54) is 0 Å². The zero-order valence-electron chi connectivity index (χ0n) is 22.5. The highest BCUT2D eigenvalue weighted by molar-refractivity contribution is 8.09. The van der Waals surface area contributed by atoms with Crippen LogP contribution in [0.3, 0.4) is 0 Å². The van der Waals surface area contributed by atoms with Gasteiger partial charge in [0.05, 0.1) is 18.8 Å². The van der Waals surface area contributed by atoms with E-state index in [0.29, 0.717) is 5.75 Å². The summed E-state index contributed by atoms with van der Waals surface area (Å²) >= 11 is 5.83. The molecule has 1 aliphatic rings. The normalized spacial score (nSPS) is 25.5. The molecule has 12 nitrogen and oxygen atoms in total. The van der Waals surface area contributed by atoms with Gasteiger partial charge in [0.25, 0.3) is 5.56 Å². The topological polar surface area (TPSA) is 164 Å². The minimum Gasteiger partial charge on any atom is -0.432 e. The molecule has 0 bridgehead atoms. The minimum atomic E-state index is -3.53. The first-order valence-electron chi connectivity index (χ1n) is 12.8. The number of hydrogen-bond acceptors (Lipinski definition) is 10. The summed E-state index contributed by atoms with van der Waals surface area (Å²) in [5.74, 6) is 2.51. The number of rotatable bonds is 11. The van der Waals surface area contributed by atoms with Crippen LogP contribution >= 0.6 is 6.64 Å². The van der Waals surface area contributed by atoms with Gasteiger partial charge in [-0.25, -0.2) is 9.88 Å². The fourth-order valence-corrected chi connectivity index (χ4v) is 6.82. The Kier molecular flexibility index (Phi) is 9.50. The van der Waals surface area contributed by atoms with Gasteiger partial charge in [0.2, 0.25) is 0 Å². The van der Waals surface area contributed by atoms with Crippen LogP contribution < -0.4 is 20.9 Å². The average molecular weight is 606 g/mol. The molecule has 5 N–H and O–H groups in total. The Morgan fingerprint density at radius 1 is 1.22 bits per heavy atom. The summed E-state index contributed by atoms with van der Waals surface area (Å²) in [5, 5.41) is 37.2. The molecule has 0 radical (unpaired) electrons. The Balaban J connectivity index is 1.62. The third-order valence-electron chi connectivity index (χ3n) is 6.40. The van der Waals surface area contributed by atoms with Gasteiger partial charge in [-0.1, -0.05) is 42.3 Å². The largest absolute Gasteiger partial charge is 0.432 e. The Labute approximate surface area is 241 Å². The van der Waals surface area contributed by atoms with E-state index in [-0.39, 0.29) is 6.10 Å². The molecule has 1 aliphatic heterocycles. The Hall–Kier alpha value is -2.89. The van der Waals surface area contributed by atoms with Crippen LogP contribution in [0.1, 0.15) is 27.0 Å². The molecule has 4 rings (SSSR count). The van der Waals surface area contributed by atoms with Crippen molar-refractivity contribution in [3.63, 3.8) is 0 Å². The summed E-state index contributed by atoms with van der Waals surface area (Å²) in [6.07, 6.45) is 0.569. The Morgan fingerprint density at radius 2 is 1.93 bits per heavy atom. The third-order valence-corrected chi connectivity index (χ3v) is 8.90. The Bertz CT molecular complexity index is 1580. The predicted molar refractivity (Wildman–Crippen MR) is 155 cm³/mol. The van der Waals surface area contributed by atoms with Gasteiger partial charge in [-0.05, 0) is 44.0 Å². The number of H-pyrrole nitrogens is 1. The maximum Gasteiger partial charge on any atom is 0.330 e. The number of aromatic amines is 1. The second-order valence-corrected chi connectivity index (χ2v) is 12.9. The molecule has 220 valence electrons. The van der Waals surface area contributed by atoms with Crippen molar-refractivity contribution in [3.8, 4) is 18.1 Å². The highest BCUT2D eigenvalue weighted by Gasteiger charge is 2.56. The van der Waals surface area contributed by atoms with Crippen LogP contribution in [-0.4, -0.2) is 67.7 Å². The van der Waals surface area contributed by atoms with Crippen LogP contribution in [0, 0.1) is 12.3 Å². The van der Waals surface area contributed by atoms with Gasteiger partial charge in [0.15, 0.2) is 18.1 Å². The molecule has 0 spiro atoms. The molecule has 0 saturated carbocycles. The zero-order valence-corrected chi connectivity index (χ0v) is 24.2. The van der Waals surface area contributed by atoms with E-state index in [1.807, 2.05) is 30.3 Å². The second kappa shape index (κ2) is 12.5. The lowest BCUT2D eigenvalue weighted by molar-refractivity contribution is -0.137. The lowest BCUT2D eigenvalue weighted by Crippen LogP contribution is -2.48. The van der Waals surface area contributed by atoms with Gasteiger partial charge in [-0.15, -0.1) is 6.42 Å². The van der Waals surface area contributed by atoms with E-state index in [9.17, 15) is 24.9 Å². The standard InChI is InChI=1S/C27H32N3O9PS/c1-5-27(35)23(32)21(38-25(27)30-14-13-22(31)28-26(30)34)15-36-40(41,29-17(4)24(33)37-16(2)3)39-20-12-8-10-18-9-6-7-11-19(18)20/h1,6-14,16-17,21,23-25,32-33,35H,15H2,2-4H3,(H,29,41)(H,28,31,34)/t17-,21+,23+,24?,25+,27+,40?/m0/s1. The van der Waals surface area contributed by atoms with E-state index in [0.717, 1.165) is 27.6 Å². The molecule has 41 heavy (non-hydrogen) atoms. The monoisotopic (exact) mass is 605 g/mol. The number of aromatic nitrogens is 2. The molecule has 2 aromatic carbocycles. The first-order chi connectivity index (χ1) is 19.4. The van der Waals surface area contributed by atoms with Crippen LogP contribution in [0.2, 0.25) is 0 Å². The summed E-state index contributed by atoms with van der Waals surface area (Å²) < 4.78 is 24.4. The van der Waals surface area contributed by atoms with Gasteiger partial charge in [0.1, 0.15) is 18.0 Å². The van der Waals surface area contributed by atoms with E-state index >= 15 is 0 Å². The molecule has 0 aliphatic carbocycles. The van der Waals surface area contributed by atoms with Crippen LogP contribution in [0.4, 0.5) is 0 Å². The maximum absolute atomic E-state index is 12.4. The second-order valence-electron chi connectivity index (χ2n) is 9.81. The summed E-state index contributed by atoms with van der Waals surface area (Å²) in [5.41, 5.74) is -3.91. The van der Waals surface area contributed by atoms with Crippen LogP contribution in [0.5, 0.6) is 5.75 Å². The fraction of sp³-hybridized carbons (Fsp3) is 0.407. The molecular formula is C27H32N3O9PS. The molecule has 14 heteroatoms. The minimum absolute atomic E-state index is 0.274. The molecule has 2 unspecified atom stereocenters. The number of terminal acetylenes is 1. The summed E-state index contributed by atoms with van der Waals surface area (Å²) in [6, 6.07) is 13.2. The molecule has 2 heterocycles. The lowest BCUT2D eigenvalue weighted by atomic mass is 9.95. The number of fused-ring (bicyclic) bond motifs is 1. The molecule has 3 aromatic rings. The van der Waals surface area contributed by atoms with Gasteiger partial charge in [-0.2, -0.15) is 0 Å². The zero-order chi connectivity index (χ0) is 29.9. The first-order valence-corrected chi connectivity index (χ1v) is 15.4. The van der Waals surface area contributed by atoms with Crippen LogP contribution in [0.15, 0.2) is 64.3 Å². The van der Waals surface area contributed by atoms with Gasteiger partial charge < -0.3 is 33.8 Å². The maximum atomic E-state index is 12.4. The number of aliphatic hydroxyl groups is 3. The SMILES string of the molecule is C#C[C@@]1(O)[C@H](O)[C@@H](COP(=S)(N[C@@H](C)C(O)OC(C)C)Oc2cccc3ccccc23)O[C@H]1n1ccc(=O)[nH]c1=O. The van der Waals surface area contributed by atoms with Crippen molar-refractivity contribution in [1.82, 2.24) is 14.6 Å². The summed E-state index contributed by atoms with van der Waals surface area (Å²) in [6.45, 7) is 1.22. The summed E-state index contributed by atoms with van der Waals surface area (Å²) in [4.78, 5) is 26.0. The van der Waals surface area contributed by atoms with Gasteiger partial charge in [0, 0.05) is 17.6 Å². The number of hydrogen-bond donors (Lipinski definition) is 5. The molecular weight excluding hydrogens is 573 g/mol. The molecule has 7 atom stereocenters. The molecule has 1 fully saturated rings. The van der Waals surface area contributed by atoms with E-state index in [1.54, 1.807) is 32.9 Å².